The van der Waals surface area contributed by atoms with E-state index in [1.807, 2.05) is 12.1 Å². The summed E-state index contributed by atoms with van der Waals surface area (Å²) in [7, 11) is 0. The standard InChI is InChI=1S/C17H17N3O4/c1-11(20-17(22)13-4-6-18-7-5-13)16(21)19-9-12-2-3-14-15(8-12)24-10-23-14/h2-8,11H,9-10H2,1H3,(H,19,21)(H,20,22)/t11-/m1/s1. The fourth-order valence-electron chi connectivity index (χ4n) is 2.24. The Morgan fingerprint density at radius 1 is 1.17 bits per heavy atom. The fraction of sp³-hybridized carbons (Fsp3) is 0.235. The molecule has 2 amide bonds. The van der Waals surface area contributed by atoms with E-state index in [2.05, 4.69) is 15.6 Å². The number of amides is 2. The van der Waals surface area contributed by atoms with Gasteiger partial charge in [-0.25, -0.2) is 0 Å². The minimum absolute atomic E-state index is 0.212. The number of ether oxygens (including phenoxy) is 2. The lowest BCUT2D eigenvalue weighted by Crippen LogP contribution is -2.44. The first kappa shape index (κ1) is 15.8. The Morgan fingerprint density at radius 2 is 1.92 bits per heavy atom. The summed E-state index contributed by atoms with van der Waals surface area (Å²) in [6.07, 6.45) is 3.05. The predicted molar refractivity (Wildman–Crippen MR) is 85.6 cm³/mol. The van der Waals surface area contributed by atoms with Crippen LogP contribution in [0.4, 0.5) is 0 Å². The summed E-state index contributed by atoms with van der Waals surface area (Å²) >= 11 is 0. The summed E-state index contributed by atoms with van der Waals surface area (Å²) in [4.78, 5) is 28.0. The van der Waals surface area contributed by atoms with E-state index < -0.39 is 6.04 Å². The molecule has 2 aromatic rings. The second kappa shape index (κ2) is 6.99. The first-order valence-corrected chi connectivity index (χ1v) is 7.50. The lowest BCUT2D eigenvalue weighted by molar-refractivity contribution is -0.122. The molecule has 1 aromatic heterocycles. The average molecular weight is 327 g/mol. The molecule has 1 aliphatic rings. The zero-order chi connectivity index (χ0) is 16.9. The fourth-order valence-corrected chi connectivity index (χ4v) is 2.24. The Morgan fingerprint density at radius 3 is 2.71 bits per heavy atom. The Bertz CT molecular complexity index is 749. The number of nitrogens with zero attached hydrogens (tertiary/aromatic N) is 1. The molecule has 0 saturated heterocycles. The van der Waals surface area contributed by atoms with Crippen molar-refractivity contribution in [2.24, 2.45) is 0 Å². The smallest absolute Gasteiger partial charge is 0.252 e. The minimum Gasteiger partial charge on any atom is -0.454 e. The molecule has 0 fully saturated rings. The number of carbonyl (C=O) groups excluding carboxylic acids is 2. The quantitative estimate of drug-likeness (QED) is 0.862. The van der Waals surface area contributed by atoms with Crippen molar-refractivity contribution in [1.29, 1.82) is 0 Å². The third kappa shape index (κ3) is 3.62. The van der Waals surface area contributed by atoms with Gasteiger partial charge in [0, 0.05) is 24.5 Å². The molecule has 3 rings (SSSR count). The lowest BCUT2D eigenvalue weighted by atomic mass is 10.2. The van der Waals surface area contributed by atoms with Crippen LogP contribution in [-0.2, 0) is 11.3 Å². The van der Waals surface area contributed by atoms with Gasteiger partial charge < -0.3 is 20.1 Å². The molecule has 0 aliphatic carbocycles. The maximum Gasteiger partial charge on any atom is 0.252 e. The summed E-state index contributed by atoms with van der Waals surface area (Å²) in [5.74, 6) is 0.780. The summed E-state index contributed by atoms with van der Waals surface area (Å²) in [6.45, 7) is 2.18. The molecule has 0 radical (unpaired) electrons. The summed E-state index contributed by atoms with van der Waals surface area (Å²) in [5, 5.41) is 5.43. The molecule has 1 aliphatic heterocycles. The van der Waals surface area contributed by atoms with Gasteiger partial charge in [-0.3, -0.25) is 14.6 Å². The molecule has 0 unspecified atom stereocenters. The summed E-state index contributed by atoms with van der Waals surface area (Å²) in [5.41, 5.74) is 1.35. The van der Waals surface area contributed by atoms with Gasteiger partial charge in [-0.05, 0) is 36.8 Å². The molecule has 0 bridgehead atoms. The van der Waals surface area contributed by atoms with Gasteiger partial charge in [-0.1, -0.05) is 6.07 Å². The molecule has 0 spiro atoms. The van der Waals surface area contributed by atoms with Crippen LogP contribution in [-0.4, -0.2) is 29.6 Å². The number of pyridine rings is 1. The molecule has 1 atom stereocenters. The number of benzene rings is 1. The monoisotopic (exact) mass is 327 g/mol. The highest BCUT2D eigenvalue weighted by atomic mass is 16.7. The normalized spacial score (nSPS) is 13.2. The van der Waals surface area contributed by atoms with Crippen LogP contribution in [0.5, 0.6) is 11.5 Å². The largest absolute Gasteiger partial charge is 0.454 e. The molecule has 7 nitrogen and oxygen atoms in total. The van der Waals surface area contributed by atoms with Gasteiger partial charge in [0.2, 0.25) is 12.7 Å². The number of nitrogens with one attached hydrogen (secondary N) is 2. The highest BCUT2D eigenvalue weighted by Gasteiger charge is 2.17. The third-order valence-corrected chi connectivity index (χ3v) is 3.59. The van der Waals surface area contributed by atoms with Crippen LogP contribution in [0.15, 0.2) is 42.7 Å². The van der Waals surface area contributed by atoms with E-state index in [4.69, 9.17) is 9.47 Å². The maximum atomic E-state index is 12.1. The van der Waals surface area contributed by atoms with Crippen LogP contribution in [0.1, 0.15) is 22.8 Å². The van der Waals surface area contributed by atoms with Crippen molar-refractivity contribution in [3.63, 3.8) is 0 Å². The van der Waals surface area contributed by atoms with Crippen molar-refractivity contribution >= 4 is 11.8 Å². The maximum absolute atomic E-state index is 12.1. The first-order valence-electron chi connectivity index (χ1n) is 7.50. The number of hydrogen-bond acceptors (Lipinski definition) is 5. The predicted octanol–water partition coefficient (Wildman–Crippen LogP) is 1.24. The number of rotatable bonds is 5. The van der Waals surface area contributed by atoms with E-state index in [0.29, 0.717) is 23.6 Å². The van der Waals surface area contributed by atoms with Gasteiger partial charge in [0.25, 0.3) is 5.91 Å². The van der Waals surface area contributed by atoms with Crippen molar-refractivity contribution in [2.45, 2.75) is 19.5 Å². The van der Waals surface area contributed by atoms with Crippen LogP contribution >= 0.6 is 0 Å². The molecule has 2 heterocycles. The number of fused-ring (bicyclic) bond motifs is 1. The minimum atomic E-state index is -0.653. The molecule has 124 valence electrons. The molecule has 24 heavy (non-hydrogen) atoms. The molecule has 0 saturated carbocycles. The summed E-state index contributed by atoms with van der Waals surface area (Å²) in [6, 6.07) is 8.01. The van der Waals surface area contributed by atoms with E-state index in [-0.39, 0.29) is 18.6 Å². The van der Waals surface area contributed by atoms with Crippen molar-refractivity contribution in [3.8, 4) is 11.5 Å². The topological polar surface area (TPSA) is 89.6 Å². The van der Waals surface area contributed by atoms with Gasteiger partial charge in [0.05, 0.1) is 0 Å². The van der Waals surface area contributed by atoms with Crippen molar-refractivity contribution in [2.75, 3.05) is 6.79 Å². The second-order valence-electron chi connectivity index (χ2n) is 5.34. The zero-order valence-electron chi connectivity index (χ0n) is 13.1. The Hall–Kier alpha value is -3.09. The van der Waals surface area contributed by atoms with E-state index in [1.165, 1.54) is 12.4 Å². The first-order chi connectivity index (χ1) is 11.6. The van der Waals surface area contributed by atoms with Crippen molar-refractivity contribution < 1.29 is 19.1 Å². The number of aromatic nitrogens is 1. The highest BCUT2D eigenvalue weighted by Crippen LogP contribution is 2.32. The SMILES string of the molecule is C[C@@H](NC(=O)c1ccncc1)C(=O)NCc1ccc2c(c1)OCO2. The zero-order valence-corrected chi connectivity index (χ0v) is 13.1. The lowest BCUT2D eigenvalue weighted by Gasteiger charge is -2.14. The van der Waals surface area contributed by atoms with Crippen LogP contribution < -0.4 is 20.1 Å². The van der Waals surface area contributed by atoms with E-state index >= 15 is 0 Å². The highest BCUT2D eigenvalue weighted by molar-refractivity contribution is 5.97. The van der Waals surface area contributed by atoms with Gasteiger partial charge >= 0.3 is 0 Å². The van der Waals surface area contributed by atoms with E-state index in [1.54, 1.807) is 25.1 Å². The molecule has 7 heteroatoms. The van der Waals surface area contributed by atoms with E-state index in [9.17, 15) is 9.59 Å². The average Bonchev–Trinajstić information content (AvgIpc) is 3.08. The van der Waals surface area contributed by atoms with Crippen molar-refractivity contribution in [1.82, 2.24) is 15.6 Å². The van der Waals surface area contributed by atoms with Gasteiger partial charge in [0.1, 0.15) is 6.04 Å². The molecule has 2 N–H and O–H groups in total. The van der Waals surface area contributed by atoms with Crippen LogP contribution in [0, 0.1) is 0 Å². The Labute approximate surface area is 139 Å². The summed E-state index contributed by atoms with van der Waals surface area (Å²) < 4.78 is 10.5. The number of hydrogen-bond donors (Lipinski definition) is 2. The Kier molecular flexibility index (Phi) is 4.60. The van der Waals surface area contributed by atoms with Gasteiger partial charge in [-0.2, -0.15) is 0 Å². The van der Waals surface area contributed by atoms with Crippen LogP contribution in [0.25, 0.3) is 0 Å². The van der Waals surface area contributed by atoms with Crippen molar-refractivity contribution in [3.05, 3.63) is 53.9 Å². The second-order valence-corrected chi connectivity index (χ2v) is 5.34. The van der Waals surface area contributed by atoms with Crippen LogP contribution in [0.2, 0.25) is 0 Å². The number of carbonyl (C=O) groups is 2. The Balaban J connectivity index is 1.52. The molecular formula is C17H17N3O4. The third-order valence-electron chi connectivity index (χ3n) is 3.59. The van der Waals surface area contributed by atoms with Gasteiger partial charge in [-0.15, -0.1) is 0 Å². The van der Waals surface area contributed by atoms with E-state index in [0.717, 1.165) is 5.56 Å². The molecular weight excluding hydrogens is 310 g/mol. The van der Waals surface area contributed by atoms with Gasteiger partial charge in [0.15, 0.2) is 11.5 Å². The van der Waals surface area contributed by atoms with Crippen LogP contribution in [0.3, 0.4) is 0 Å². The molecule has 1 aromatic carbocycles.